The normalized spacial score (nSPS) is 20.8. The number of piperazine rings is 1. The molecule has 138 valence electrons. The van der Waals surface area contributed by atoms with E-state index < -0.39 is 6.10 Å². The van der Waals surface area contributed by atoms with E-state index in [4.69, 9.17) is 9.15 Å². The quantitative estimate of drug-likeness (QED) is 0.771. The zero-order valence-electron chi connectivity index (χ0n) is 15.0. The number of aliphatic hydroxyl groups is 1. The molecule has 1 fully saturated rings. The first-order valence-electron chi connectivity index (χ1n) is 8.82. The Kier molecular flexibility index (Phi) is 6.25. The summed E-state index contributed by atoms with van der Waals surface area (Å²) in [5.74, 6) is 1.87. The zero-order chi connectivity index (χ0) is 17.6. The summed E-state index contributed by atoms with van der Waals surface area (Å²) in [6, 6.07) is 4.14. The van der Waals surface area contributed by atoms with Crippen molar-refractivity contribution in [2.75, 3.05) is 32.8 Å². The molecule has 0 amide bonds. The van der Waals surface area contributed by atoms with E-state index in [2.05, 4.69) is 26.3 Å². The largest absolute Gasteiger partial charge is 0.467 e. The van der Waals surface area contributed by atoms with E-state index in [0.29, 0.717) is 25.8 Å². The Bertz CT molecular complexity index is 628. The first-order valence-corrected chi connectivity index (χ1v) is 8.82. The highest BCUT2D eigenvalue weighted by Gasteiger charge is 2.25. The average Bonchev–Trinajstić information content (AvgIpc) is 3.22. The van der Waals surface area contributed by atoms with Gasteiger partial charge in [-0.25, -0.2) is 4.98 Å². The van der Waals surface area contributed by atoms with Crippen molar-refractivity contribution in [3.8, 4) is 0 Å². The molecule has 1 aliphatic heterocycles. The minimum Gasteiger partial charge on any atom is -0.467 e. The maximum Gasteiger partial charge on any atom is 0.129 e. The molecule has 7 nitrogen and oxygen atoms in total. The molecule has 0 spiro atoms. The number of nitrogens with zero attached hydrogens (tertiary/aromatic N) is 4. The summed E-state index contributed by atoms with van der Waals surface area (Å²) in [7, 11) is 2.03. The van der Waals surface area contributed by atoms with Crippen molar-refractivity contribution < 1.29 is 14.3 Å². The van der Waals surface area contributed by atoms with Gasteiger partial charge in [-0.2, -0.15) is 0 Å². The van der Waals surface area contributed by atoms with Crippen LogP contribution in [-0.4, -0.2) is 69.4 Å². The summed E-state index contributed by atoms with van der Waals surface area (Å²) in [5.41, 5.74) is 0. The second-order valence-electron chi connectivity index (χ2n) is 6.78. The summed E-state index contributed by atoms with van der Waals surface area (Å²) in [4.78, 5) is 9.16. The lowest BCUT2D eigenvalue weighted by atomic mass is 10.1. The smallest absolute Gasteiger partial charge is 0.129 e. The van der Waals surface area contributed by atoms with Crippen LogP contribution in [0.25, 0.3) is 0 Å². The molecular formula is C18H28N4O3. The van der Waals surface area contributed by atoms with E-state index in [1.807, 2.05) is 31.6 Å². The number of aliphatic hydroxyl groups excluding tert-OH is 1. The molecule has 0 bridgehead atoms. The molecule has 0 saturated carbocycles. The van der Waals surface area contributed by atoms with Gasteiger partial charge in [-0.3, -0.25) is 9.80 Å². The number of imidazole rings is 1. The molecule has 1 aliphatic rings. The minimum atomic E-state index is -0.483. The number of ether oxygens (including phenoxy) is 1. The fourth-order valence-corrected chi connectivity index (χ4v) is 3.24. The number of β-amino-alcohol motifs (C(OH)–C–C–N with tert-alkyl or cyclic N) is 1. The molecule has 1 N–H and O–H groups in total. The van der Waals surface area contributed by atoms with Gasteiger partial charge in [0.05, 0.1) is 25.5 Å². The van der Waals surface area contributed by atoms with Crippen molar-refractivity contribution in [2.24, 2.45) is 7.05 Å². The van der Waals surface area contributed by atoms with Crippen LogP contribution in [0.1, 0.15) is 18.5 Å². The Balaban J connectivity index is 1.37. The number of rotatable bonds is 8. The second kappa shape index (κ2) is 8.62. The predicted molar refractivity (Wildman–Crippen MR) is 93.9 cm³/mol. The molecule has 3 rings (SSSR count). The molecule has 0 unspecified atom stereocenters. The standard InChI is InChI=1S/C18H28N4O3/c1-15-10-21(7-8-22(15)12-18-19-5-6-20(18)2)11-16(23)13-24-14-17-4-3-9-25-17/h3-6,9,15-16,23H,7-8,10-14H2,1-2H3/t15-,16+/m1/s1. The molecule has 2 aromatic heterocycles. The van der Waals surface area contributed by atoms with Crippen LogP contribution in [0.3, 0.4) is 0 Å². The Morgan fingerprint density at radius 2 is 2.32 bits per heavy atom. The van der Waals surface area contributed by atoms with Crippen LogP contribution in [0.5, 0.6) is 0 Å². The van der Waals surface area contributed by atoms with E-state index in [9.17, 15) is 5.11 Å². The van der Waals surface area contributed by atoms with E-state index in [-0.39, 0.29) is 0 Å². The summed E-state index contributed by atoms with van der Waals surface area (Å²) in [6.07, 6.45) is 4.97. The third kappa shape index (κ3) is 5.15. The third-order valence-corrected chi connectivity index (χ3v) is 4.72. The van der Waals surface area contributed by atoms with Gasteiger partial charge in [-0.15, -0.1) is 0 Å². The first kappa shape index (κ1) is 18.1. The summed E-state index contributed by atoms with van der Waals surface area (Å²) in [5, 5.41) is 10.2. The second-order valence-corrected chi connectivity index (χ2v) is 6.78. The van der Waals surface area contributed by atoms with E-state index >= 15 is 0 Å². The van der Waals surface area contributed by atoms with Gasteiger partial charge in [0.25, 0.3) is 0 Å². The molecule has 1 saturated heterocycles. The molecule has 2 atom stereocenters. The van der Waals surface area contributed by atoms with Crippen LogP contribution in [0, 0.1) is 0 Å². The lowest BCUT2D eigenvalue weighted by Crippen LogP contribution is -2.53. The van der Waals surface area contributed by atoms with Gasteiger partial charge in [0, 0.05) is 51.7 Å². The molecule has 0 radical (unpaired) electrons. The van der Waals surface area contributed by atoms with Gasteiger partial charge in [0.15, 0.2) is 0 Å². The van der Waals surface area contributed by atoms with Crippen LogP contribution in [0.4, 0.5) is 0 Å². The topological polar surface area (TPSA) is 66.9 Å². The molecule has 2 aromatic rings. The molecule has 25 heavy (non-hydrogen) atoms. The van der Waals surface area contributed by atoms with Gasteiger partial charge in [0.2, 0.25) is 0 Å². The SMILES string of the molecule is C[C@@H]1CN(C[C@H](O)COCc2ccco2)CCN1Cc1nccn1C. The van der Waals surface area contributed by atoms with Gasteiger partial charge in [0.1, 0.15) is 18.2 Å². The van der Waals surface area contributed by atoms with E-state index in [1.54, 1.807) is 6.26 Å². The molecule has 3 heterocycles. The van der Waals surface area contributed by atoms with E-state index in [1.165, 1.54) is 0 Å². The predicted octanol–water partition coefficient (Wildman–Crippen LogP) is 1.10. The summed E-state index contributed by atoms with van der Waals surface area (Å²) in [6.45, 7) is 7.33. The van der Waals surface area contributed by atoms with Crippen LogP contribution >= 0.6 is 0 Å². The number of aromatic nitrogens is 2. The van der Waals surface area contributed by atoms with Crippen LogP contribution in [0.2, 0.25) is 0 Å². The van der Waals surface area contributed by atoms with Crippen molar-refractivity contribution in [3.05, 3.63) is 42.4 Å². The highest BCUT2D eigenvalue weighted by molar-refractivity contribution is 4.96. The molecule has 0 aliphatic carbocycles. The molecule has 0 aromatic carbocycles. The minimum absolute atomic E-state index is 0.322. The van der Waals surface area contributed by atoms with Crippen LogP contribution in [0.15, 0.2) is 35.2 Å². The monoisotopic (exact) mass is 348 g/mol. The first-order chi connectivity index (χ1) is 12.1. The summed E-state index contributed by atoms with van der Waals surface area (Å²) >= 11 is 0. The van der Waals surface area contributed by atoms with Gasteiger partial charge in [-0.1, -0.05) is 0 Å². The van der Waals surface area contributed by atoms with Crippen molar-refractivity contribution in [1.29, 1.82) is 0 Å². The molecular weight excluding hydrogens is 320 g/mol. The van der Waals surface area contributed by atoms with E-state index in [0.717, 1.165) is 37.8 Å². The number of furan rings is 1. The number of aryl methyl sites for hydroxylation is 1. The lowest BCUT2D eigenvalue weighted by molar-refractivity contribution is -0.0108. The van der Waals surface area contributed by atoms with Crippen LogP contribution in [-0.2, 0) is 24.9 Å². The number of hydrogen-bond acceptors (Lipinski definition) is 6. The maximum absolute atomic E-state index is 10.2. The fourth-order valence-electron chi connectivity index (χ4n) is 3.24. The Labute approximate surface area is 148 Å². The molecule has 7 heteroatoms. The Morgan fingerprint density at radius 1 is 1.44 bits per heavy atom. The Morgan fingerprint density at radius 3 is 3.00 bits per heavy atom. The lowest BCUT2D eigenvalue weighted by Gasteiger charge is -2.40. The zero-order valence-corrected chi connectivity index (χ0v) is 15.0. The van der Waals surface area contributed by atoms with Gasteiger partial charge in [-0.05, 0) is 19.1 Å². The maximum atomic E-state index is 10.2. The summed E-state index contributed by atoms with van der Waals surface area (Å²) < 4.78 is 12.8. The Hall–Kier alpha value is -1.67. The van der Waals surface area contributed by atoms with Crippen molar-refractivity contribution in [1.82, 2.24) is 19.4 Å². The highest BCUT2D eigenvalue weighted by atomic mass is 16.5. The third-order valence-electron chi connectivity index (χ3n) is 4.72. The fraction of sp³-hybridized carbons (Fsp3) is 0.611. The van der Waals surface area contributed by atoms with Crippen LogP contribution < -0.4 is 0 Å². The number of hydrogen-bond donors (Lipinski definition) is 1. The average molecular weight is 348 g/mol. The van der Waals surface area contributed by atoms with Gasteiger partial charge >= 0.3 is 0 Å². The van der Waals surface area contributed by atoms with Crippen molar-refractivity contribution in [3.63, 3.8) is 0 Å². The van der Waals surface area contributed by atoms with Gasteiger partial charge < -0.3 is 18.8 Å². The van der Waals surface area contributed by atoms with Crippen molar-refractivity contribution >= 4 is 0 Å². The highest BCUT2D eigenvalue weighted by Crippen LogP contribution is 2.13. The van der Waals surface area contributed by atoms with Crippen molar-refractivity contribution in [2.45, 2.75) is 32.2 Å².